The van der Waals surface area contributed by atoms with Crippen LogP contribution in [0.5, 0.6) is 0 Å². The van der Waals surface area contributed by atoms with Gasteiger partial charge in [-0.05, 0) is 24.5 Å². The summed E-state index contributed by atoms with van der Waals surface area (Å²) in [6, 6.07) is 7.85. The minimum atomic E-state index is 0.152. The molecule has 2 heteroatoms. The summed E-state index contributed by atoms with van der Waals surface area (Å²) >= 11 is 0. The van der Waals surface area contributed by atoms with Gasteiger partial charge in [0.05, 0.1) is 0 Å². The average Bonchev–Trinajstić information content (AvgIpc) is 2.33. The largest absolute Gasteiger partial charge is 0.338 e. The van der Waals surface area contributed by atoms with E-state index in [1.165, 1.54) is 5.56 Å². The molecule has 0 aliphatic carbocycles. The number of amides is 1. The van der Waals surface area contributed by atoms with Gasteiger partial charge in [-0.3, -0.25) is 4.79 Å². The summed E-state index contributed by atoms with van der Waals surface area (Å²) in [5.41, 5.74) is 2.02. The van der Waals surface area contributed by atoms with Crippen LogP contribution in [0.1, 0.15) is 28.8 Å². The SMILES string of the molecule is C#CCCCN1CCc2ccccc2C1=O. The summed E-state index contributed by atoms with van der Waals surface area (Å²) in [6.07, 6.45) is 7.79. The van der Waals surface area contributed by atoms with E-state index >= 15 is 0 Å². The number of hydrogen-bond donors (Lipinski definition) is 0. The van der Waals surface area contributed by atoms with Crippen LogP contribution in [0.4, 0.5) is 0 Å². The summed E-state index contributed by atoms with van der Waals surface area (Å²) in [5.74, 6) is 2.76. The zero-order chi connectivity index (χ0) is 11.4. The first-order valence-corrected chi connectivity index (χ1v) is 5.63. The maximum atomic E-state index is 12.1. The van der Waals surface area contributed by atoms with E-state index in [-0.39, 0.29) is 5.91 Å². The summed E-state index contributed by atoms with van der Waals surface area (Å²) < 4.78 is 0. The summed E-state index contributed by atoms with van der Waals surface area (Å²) in [6.45, 7) is 1.60. The van der Waals surface area contributed by atoms with Gasteiger partial charge < -0.3 is 4.90 Å². The molecule has 0 bridgehead atoms. The third-order valence-corrected chi connectivity index (χ3v) is 2.94. The summed E-state index contributed by atoms with van der Waals surface area (Å²) in [7, 11) is 0. The number of nitrogens with zero attached hydrogens (tertiary/aromatic N) is 1. The number of hydrogen-bond acceptors (Lipinski definition) is 1. The molecule has 0 radical (unpaired) electrons. The van der Waals surface area contributed by atoms with E-state index in [1.807, 2.05) is 29.2 Å². The van der Waals surface area contributed by atoms with Crippen LogP contribution < -0.4 is 0 Å². The highest BCUT2D eigenvalue weighted by atomic mass is 16.2. The molecule has 2 nitrogen and oxygen atoms in total. The van der Waals surface area contributed by atoms with Crippen molar-refractivity contribution in [1.29, 1.82) is 0 Å². The fourth-order valence-electron chi connectivity index (χ4n) is 2.06. The quantitative estimate of drug-likeness (QED) is 0.556. The lowest BCUT2D eigenvalue weighted by Gasteiger charge is -2.28. The lowest BCUT2D eigenvalue weighted by atomic mass is 9.99. The van der Waals surface area contributed by atoms with Crippen molar-refractivity contribution in [2.24, 2.45) is 0 Å². The minimum Gasteiger partial charge on any atom is -0.338 e. The second-order valence-electron chi connectivity index (χ2n) is 4.01. The van der Waals surface area contributed by atoms with Crippen LogP contribution >= 0.6 is 0 Å². The second kappa shape index (κ2) is 4.85. The highest BCUT2D eigenvalue weighted by molar-refractivity contribution is 5.96. The first-order valence-electron chi connectivity index (χ1n) is 5.63. The van der Waals surface area contributed by atoms with E-state index in [9.17, 15) is 4.79 Å². The Morgan fingerprint density at radius 3 is 3.00 bits per heavy atom. The molecule has 1 amide bonds. The number of fused-ring (bicyclic) bond motifs is 1. The van der Waals surface area contributed by atoms with Crippen molar-refractivity contribution in [1.82, 2.24) is 4.90 Å². The molecular weight excluding hydrogens is 198 g/mol. The van der Waals surface area contributed by atoms with E-state index in [0.717, 1.165) is 37.9 Å². The van der Waals surface area contributed by atoms with Gasteiger partial charge in [-0.2, -0.15) is 0 Å². The van der Waals surface area contributed by atoms with E-state index in [4.69, 9.17) is 6.42 Å². The molecular formula is C14H15NO. The van der Waals surface area contributed by atoms with Crippen LogP contribution in [0.15, 0.2) is 24.3 Å². The number of benzene rings is 1. The average molecular weight is 213 g/mol. The van der Waals surface area contributed by atoms with Gasteiger partial charge in [-0.1, -0.05) is 18.2 Å². The fraction of sp³-hybridized carbons (Fsp3) is 0.357. The Bertz CT molecular complexity index is 431. The molecule has 0 saturated carbocycles. The van der Waals surface area contributed by atoms with Crippen LogP contribution in [-0.2, 0) is 6.42 Å². The predicted octanol–water partition coefficient (Wildman–Crippen LogP) is 2.10. The second-order valence-corrected chi connectivity index (χ2v) is 4.01. The molecule has 1 heterocycles. The standard InChI is InChI=1S/C14H15NO/c1-2-3-6-10-15-11-9-12-7-4-5-8-13(12)14(15)16/h1,4-5,7-8H,3,6,9-11H2. The number of carbonyl (C=O) groups excluding carboxylic acids is 1. The van der Waals surface area contributed by atoms with Crippen molar-refractivity contribution in [3.8, 4) is 12.3 Å². The van der Waals surface area contributed by atoms with E-state index in [0.29, 0.717) is 0 Å². The van der Waals surface area contributed by atoms with Crippen molar-refractivity contribution in [3.05, 3.63) is 35.4 Å². The van der Waals surface area contributed by atoms with Crippen molar-refractivity contribution in [2.75, 3.05) is 13.1 Å². The fourth-order valence-corrected chi connectivity index (χ4v) is 2.06. The van der Waals surface area contributed by atoms with Gasteiger partial charge in [0.15, 0.2) is 0 Å². The molecule has 1 aromatic rings. The molecule has 0 atom stereocenters. The zero-order valence-electron chi connectivity index (χ0n) is 9.28. The summed E-state index contributed by atoms with van der Waals surface area (Å²) in [5, 5.41) is 0. The number of terminal acetylenes is 1. The topological polar surface area (TPSA) is 20.3 Å². The van der Waals surface area contributed by atoms with Crippen LogP contribution in [0.3, 0.4) is 0 Å². The Morgan fingerprint density at radius 1 is 1.38 bits per heavy atom. The molecule has 1 aliphatic rings. The van der Waals surface area contributed by atoms with Gasteiger partial charge in [0, 0.05) is 25.1 Å². The maximum absolute atomic E-state index is 12.1. The Labute approximate surface area is 96.3 Å². The third kappa shape index (κ3) is 2.09. The zero-order valence-corrected chi connectivity index (χ0v) is 9.28. The Kier molecular flexibility index (Phi) is 3.26. The Hall–Kier alpha value is -1.75. The van der Waals surface area contributed by atoms with Crippen LogP contribution in [0.2, 0.25) is 0 Å². The molecule has 0 N–H and O–H groups in total. The lowest BCUT2D eigenvalue weighted by molar-refractivity contribution is 0.0738. The van der Waals surface area contributed by atoms with E-state index < -0.39 is 0 Å². The highest BCUT2D eigenvalue weighted by Gasteiger charge is 2.22. The normalized spacial score (nSPS) is 14.4. The molecule has 0 spiro atoms. The van der Waals surface area contributed by atoms with Gasteiger partial charge >= 0.3 is 0 Å². The maximum Gasteiger partial charge on any atom is 0.254 e. The molecule has 0 fully saturated rings. The Morgan fingerprint density at radius 2 is 2.19 bits per heavy atom. The van der Waals surface area contributed by atoms with Crippen molar-refractivity contribution < 1.29 is 4.79 Å². The van der Waals surface area contributed by atoms with Crippen molar-refractivity contribution in [3.63, 3.8) is 0 Å². The first kappa shape index (κ1) is 10.8. The highest BCUT2D eigenvalue weighted by Crippen LogP contribution is 2.18. The molecule has 82 valence electrons. The van der Waals surface area contributed by atoms with Crippen LogP contribution in [0, 0.1) is 12.3 Å². The van der Waals surface area contributed by atoms with Crippen LogP contribution in [0.25, 0.3) is 0 Å². The Balaban J connectivity index is 2.07. The van der Waals surface area contributed by atoms with E-state index in [2.05, 4.69) is 5.92 Å². The van der Waals surface area contributed by atoms with Crippen LogP contribution in [-0.4, -0.2) is 23.9 Å². The molecule has 1 aromatic carbocycles. The van der Waals surface area contributed by atoms with Crippen molar-refractivity contribution in [2.45, 2.75) is 19.3 Å². The van der Waals surface area contributed by atoms with Gasteiger partial charge in [0.2, 0.25) is 0 Å². The molecule has 1 aliphatic heterocycles. The molecule has 0 unspecified atom stereocenters. The van der Waals surface area contributed by atoms with Gasteiger partial charge in [0.1, 0.15) is 0 Å². The van der Waals surface area contributed by atoms with E-state index in [1.54, 1.807) is 0 Å². The van der Waals surface area contributed by atoms with Gasteiger partial charge in [-0.25, -0.2) is 0 Å². The summed E-state index contributed by atoms with van der Waals surface area (Å²) in [4.78, 5) is 14.0. The molecule has 2 rings (SSSR count). The number of rotatable bonds is 3. The first-order chi connectivity index (χ1) is 7.83. The number of unbranched alkanes of at least 4 members (excludes halogenated alkanes) is 1. The minimum absolute atomic E-state index is 0.152. The lowest BCUT2D eigenvalue weighted by Crippen LogP contribution is -2.38. The van der Waals surface area contributed by atoms with Gasteiger partial charge in [-0.15, -0.1) is 12.3 Å². The van der Waals surface area contributed by atoms with Gasteiger partial charge in [0.25, 0.3) is 5.91 Å². The molecule has 0 aromatic heterocycles. The third-order valence-electron chi connectivity index (χ3n) is 2.94. The number of carbonyl (C=O) groups is 1. The smallest absolute Gasteiger partial charge is 0.254 e. The van der Waals surface area contributed by atoms with Crippen molar-refractivity contribution >= 4 is 5.91 Å². The predicted molar refractivity (Wildman–Crippen MR) is 64.1 cm³/mol. The monoisotopic (exact) mass is 213 g/mol. The molecule has 0 saturated heterocycles. The molecule has 16 heavy (non-hydrogen) atoms.